The fourth-order valence-corrected chi connectivity index (χ4v) is 3.68. The zero-order valence-corrected chi connectivity index (χ0v) is 16.0. The van der Waals surface area contributed by atoms with Crippen LogP contribution in [0.5, 0.6) is 0 Å². The SMILES string of the molecule is CCc1ccc(S(=O)(=O)NCc2cccc(COCc3ccco3)c2)cc1. The van der Waals surface area contributed by atoms with Gasteiger partial charge in [0.25, 0.3) is 0 Å². The number of furan rings is 1. The van der Waals surface area contributed by atoms with Crippen molar-refractivity contribution in [2.45, 2.75) is 38.0 Å². The molecule has 0 fully saturated rings. The number of nitrogens with one attached hydrogen (secondary N) is 1. The predicted molar refractivity (Wildman–Crippen MR) is 103 cm³/mol. The van der Waals surface area contributed by atoms with Gasteiger partial charge in [0.1, 0.15) is 12.4 Å². The van der Waals surface area contributed by atoms with Gasteiger partial charge in [-0.05, 0) is 47.4 Å². The molecule has 6 heteroatoms. The first-order chi connectivity index (χ1) is 13.1. The lowest BCUT2D eigenvalue weighted by Crippen LogP contribution is -2.23. The summed E-state index contributed by atoms with van der Waals surface area (Å²) in [5, 5.41) is 0. The number of aryl methyl sites for hydroxylation is 1. The predicted octanol–water partition coefficient (Wildman–Crippen LogP) is 4.04. The van der Waals surface area contributed by atoms with Crippen molar-refractivity contribution in [3.63, 3.8) is 0 Å². The van der Waals surface area contributed by atoms with E-state index in [-0.39, 0.29) is 11.4 Å². The van der Waals surface area contributed by atoms with E-state index in [9.17, 15) is 8.42 Å². The van der Waals surface area contributed by atoms with Gasteiger partial charge in [0.05, 0.1) is 17.8 Å². The highest BCUT2D eigenvalue weighted by Gasteiger charge is 2.13. The summed E-state index contributed by atoms with van der Waals surface area (Å²) in [6, 6.07) is 18.3. The van der Waals surface area contributed by atoms with Crippen molar-refractivity contribution in [3.8, 4) is 0 Å². The van der Waals surface area contributed by atoms with Crippen molar-refractivity contribution < 1.29 is 17.6 Å². The van der Waals surface area contributed by atoms with E-state index in [0.717, 1.165) is 28.9 Å². The van der Waals surface area contributed by atoms with Gasteiger partial charge in [-0.15, -0.1) is 0 Å². The molecule has 27 heavy (non-hydrogen) atoms. The Hall–Kier alpha value is -2.41. The first-order valence-electron chi connectivity index (χ1n) is 8.83. The Morgan fingerprint density at radius 1 is 0.926 bits per heavy atom. The minimum absolute atomic E-state index is 0.226. The van der Waals surface area contributed by atoms with Gasteiger partial charge >= 0.3 is 0 Å². The lowest BCUT2D eigenvalue weighted by atomic mass is 10.1. The molecule has 0 unspecified atom stereocenters. The summed E-state index contributed by atoms with van der Waals surface area (Å²) < 4.78 is 38.4. The molecular weight excluding hydrogens is 362 g/mol. The monoisotopic (exact) mass is 385 g/mol. The standard InChI is InChI=1S/C21H23NO4S/c1-2-17-8-10-21(11-9-17)27(23,24)22-14-18-5-3-6-19(13-18)15-25-16-20-7-4-12-26-20/h3-13,22H,2,14-16H2,1H3. The Kier molecular flexibility index (Phi) is 6.45. The van der Waals surface area contributed by atoms with Crippen LogP contribution in [-0.4, -0.2) is 8.42 Å². The van der Waals surface area contributed by atoms with Crippen molar-refractivity contribution in [2.24, 2.45) is 0 Å². The lowest BCUT2D eigenvalue weighted by Gasteiger charge is -2.09. The van der Waals surface area contributed by atoms with Gasteiger partial charge in [0, 0.05) is 6.54 Å². The Balaban J connectivity index is 1.56. The minimum Gasteiger partial charge on any atom is -0.467 e. The normalized spacial score (nSPS) is 11.6. The van der Waals surface area contributed by atoms with Crippen LogP contribution in [0.4, 0.5) is 0 Å². The number of hydrogen-bond donors (Lipinski definition) is 1. The fourth-order valence-electron chi connectivity index (χ4n) is 2.66. The average molecular weight is 385 g/mol. The van der Waals surface area contributed by atoms with E-state index < -0.39 is 10.0 Å². The van der Waals surface area contributed by atoms with Gasteiger partial charge < -0.3 is 9.15 Å². The van der Waals surface area contributed by atoms with E-state index in [2.05, 4.69) is 4.72 Å². The summed E-state index contributed by atoms with van der Waals surface area (Å²) in [4.78, 5) is 0.276. The van der Waals surface area contributed by atoms with Gasteiger partial charge in [-0.2, -0.15) is 0 Å². The highest BCUT2D eigenvalue weighted by Crippen LogP contribution is 2.13. The molecule has 3 rings (SSSR count). The first kappa shape index (κ1) is 19.4. The third kappa shape index (κ3) is 5.53. The van der Waals surface area contributed by atoms with E-state index in [1.807, 2.05) is 55.5 Å². The molecule has 5 nitrogen and oxygen atoms in total. The zero-order valence-electron chi connectivity index (χ0n) is 15.2. The zero-order chi connectivity index (χ0) is 19.1. The number of benzene rings is 2. The van der Waals surface area contributed by atoms with Crippen molar-refractivity contribution in [1.82, 2.24) is 4.72 Å². The van der Waals surface area contributed by atoms with Crippen LogP contribution in [0.1, 0.15) is 29.4 Å². The van der Waals surface area contributed by atoms with Crippen molar-refractivity contribution >= 4 is 10.0 Å². The van der Waals surface area contributed by atoms with Gasteiger partial charge in [-0.3, -0.25) is 0 Å². The molecule has 0 aliphatic carbocycles. The second kappa shape index (κ2) is 8.99. The number of hydrogen-bond acceptors (Lipinski definition) is 4. The van der Waals surface area contributed by atoms with Crippen LogP contribution in [0.25, 0.3) is 0 Å². The van der Waals surface area contributed by atoms with E-state index in [1.54, 1.807) is 18.4 Å². The second-order valence-electron chi connectivity index (χ2n) is 6.21. The molecular formula is C21H23NO4S. The molecule has 142 valence electrons. The molecule has 0 bridgehead atoms. The van der Waals surface area contributed by atoms with E-state index in [1.165, 1.54) is 0 Å². The lowest BCUT2D eigenvalue weighted by molar-refractivity contribution is 0.0929. The summed E-state index contributed by atoms with van der Waals surface area (Å²) in [6.07, 6.45) is 2.49. The molecule has 0 atom stereocenters. The Morgan fingerprint density at radius 3 is 2.41 bits per heavy atom. The topological polar surface area (TPSA) is 68.5 Å². The van der Waals surface area contributed by atoms with Crippen molar-refractivity contribution in [2.75, 3.05) is 0 Å². The molecule has 0 aliphatic heterocycles. The molecule has 1 aromatic heterocycles. The molecule has 0 saturated heterocycles. The van der Waals surface area contributed by atoms with Crippen molar-refractivity contribution in [3.05, 3.63) is 89.4 Å². The smallest absolute Gasteiger partial charge is 0.240 e. The molecule has 0 radical (unpaired) electrons. The number of sulfonamides is 1. The Labute approximate surface area is 160 Å². The molecule has 2 aromatic carbocycles. The third-order valence-electron chi connectivity index (χ3n) is 4.19. The van der Waals surface area contributed by atoms with Gasteiger partial charge in [0.15, 0.2) is 0 Å². The van der Waals surface area contributed by atoms with Crippen LogP contribution in [-0.2, 0) is 40.9 Å². The highest BCUT2D eigenvalue weighted by molar-refractivity contribution is 7.89. The maximum Gasteiger partial charge on any atom is 0.240 e. The largest absolute Gasteiger partial charge is 0.467 e. The minimum atomic E-state index is -3.54. The number of rotatable bonds is 9. The van der Waals surface area contributed by atoms with Crippen LogP contribution in [0.3, 0.4) is 0 Å². The molecule has 0 amide bonds. The van der Waals surface area contributed by atoms with Crippen LogP contribution in [0.15, 0.2) is 76.2 Å². The third-order valence-corrected chi connectivity index (χ3v) is 5.61. The Morgan fingerprint density at radius 2 is 1.70 bits per heavy atom. The summed E-state index contributed by atoms with van der Waals surface area (Å²) in [5.41, 5.74) is 2.96. The molecule has 3 aromatic rings. The van der Waals surface area contributed by atoms with Crippen LogP contribution in [0, 0.1) is 0 Å². The number of ether oxygens (including phenoxy) is 1. The summed E-state index contributed by atoms with van der Waals surface area (Å²) in [7, 11) is -3.54. The molecule has 0 aliphatic rings. The van der Waals surface area contributed by atoms with E-state index in [0.29, 0.717) is 13.2 Å². The Bertz CT molecular complexity index is 948. The van der Waals surface area contributed by atoms with Crippen molar-refractivity contribution in [1.29, 1.82) is 0 Å². The van der Waals surface area contributed by atoms with E-state index >= 15 is 0 Å². The summed E-state index contributed by atoms with van der Waals surface area (Å²) in [5.74, 6) is 0.771. The average Bonchev–Trinajstić information content (AvgIpc) is 3.20. The van der Waals surface area contributed by atoms with Gasteiger partial charge in [0.2, 0.25) is 10.0 Å². The molecule has 0 saturated carbocycles. The second-order valence-corrected chi connectivity index (χ2v) is 7.98. The molecule has 1 heterocycles. The highest BCUT2D eigenvalue weighted by atomic mass is 32.2. The van der Waals surface area contributed by atoms with Crippen LogP contribution >= 0.6 is 0 Å². The van der Waals surface area contributed by atoms with Gasteiger partial charge in [-0.25, -0.2) is 13.1 Å². The van der Waals surface area contributed by atoms with Crippen LogP contribution in [0.2, 0.25) is 0 Å². The summed E-state index contributed by atoms with van der Waals surface area (Å²) in [6.45, 7) is 3.09. The van der Waals surface area contributed by atoms with E-state index in [4.69, 9.17) is 9.15 Å². The first-order valence-corrected chi connectivity index (χ1v) is 10.3. The molecule has 0 spiro atoms. The maximum atomic E-state index is 12.4. The van der Waals surface area contributed by atoms with Gasteiger partial charge in [-0.1, -0.05) is 43.3 Å². The fraction of sp³-hybridized carbons (Fsp3) is 0.238. The quantitative estimate of drug-likeness (QED) is 0.604. The van der Waals surface area contributed by atoms with Crippen LogP contribution < -0.4 is 4.72 Å². The molecule has 1 N–H and O–H groups in total. The maximum absolute atomic E-state index is 12.4. The summed E-state index contributed by atoms with van der Waals surface area (Å²) >= 11 is 0.